The molecular formula is C17H22ClF2N. The Bertz CT molecular complexity index is 520. The third-order valence-electron chi connectivity index (χ3n) is 5.29. The molecule has 0 saturated heterocycles. The van der Waals surface area contributed by atoms with Gasteiger partial charge in [0.15, 0.2) is 11.6 Å². The molecule has 116 valence electrons. The van der Waals surface area contributed by atoms with Gasteiger partial charge in [0.1, 0.15) is 0 Å². The number of hydrogen-bond donors (Lipinski definition) is 1. The van der Waals surface area contributed by atoms with Gasteiger partial charge in [-0.2, -0.15) is 0 Å². The second-order valence-corrected chi connectivity index (χ2v) is 6.98. The van der Waals surface area contributed by atoms with E-state index in [2.05, 4.69) is 5.32 Å². The third-order valence-corrected chi connectivity index (χ3v) is 5.62. The summed E-state index contributed by atoms with van der Waals surface area (Å²) in [6.07, 6.45) is 6.32. The predicted octanol–water partition coefficient (Wildman–Crippen LogP) is 5.10. The quantitative estimate of drug-likeness (QED) is 0.746. The Labute approximate surface area is 130 Å². The molecule has 0 aliphatic heterocycles. The smallest absolute Gasteiger partial charge is 0.160 e. The zero-order valence-electron chi connectivity index (χ0n) is 12.3. The van der Waals surface area contributed by atoms with Gasteiger partial charge in [0, 0.05) is 11.1 Å². The highest BCUT2D eigenvalue weighted by molar-refractivity contribution is 6.31. The van der Waals surface area contributed by atoms with Gasteiger partial charge in [-0.3, -0.25) is 0 Å². The monoisotopic (exact) mass is 313 g/mol. The fraction of sp³-hybridized carbons (Fsp3) is 0.647. The molecule has 0 amide bonds. The van der Waals surface area contributed by atoms with E-state index in [1.165, 1.54) is 31.7 Å². The summed E-state index contributed by atoms with van der Waals surface area (Å²) >= 11 is 6.15. The Morgan fingerprint density at radius 3 is 2.62 bits per heavy atom. The van der Waals surface area contributed by atoms with Gasteiger partial charge in [0.05, 0.1) is 0 Å². The minimum Gasteiger partial charge on any atom is -0.310 e. The van der Waals surface area contributed by atoms with Crippen LogP contribution in [-0.4, -0.2) is 6.54 Å². The highest BCUT2D eigenvalue weighted by Crippen LogP contribution is 2.51. The molecule has 4 heteroatoms. The largest absolute Gasteiger partial charge is 0.310 e. The van der Waals surface area contributed by atoms with E-state index in [0.29, 0.717) is 16.5 Å². The summed E-state index contributed by atoms with van der Waals surface area (Å²) in [5, 5.41) is 3.72. The fourth-order valence-electron chi connectivity index (χ4n) is 4.34. The summed E-state index contributed by atoms with van der Waals surface area (Å²) in [5.41, 5.74) is 0.695. The van der Waals surface area contributed by atoms with Crippen LogP contribution < -0.4 is 5.32 Å². The van der Waals surface area contributed by atoms with Crippen molar-refractivity contribution in [3.8, 4) is 0 Å². The lowest BCUT2D eigenvalue weighted by Crippen LogP contribution is -2.26. The molecule has 0 heterocycles. The summed E-state index contributed by atoms with van der Waals surface area (Å²) in [5.74, 6) is 0.712. The number of nitrogens with one attached hydrogen (secondary N) is 1. The van der Waals surface area contributed by atoms with Gasteiger partial charge in [0.25, 0.3) is 0 Å². The summed E-state index contributed by atoms with van der Waals surface area (Å²) < 4.78 is 26.8. The Kier molecular flexibility index (Phi) is 4.51. The molecular weight excluding hydrogens is 292 g/mol. The second kappa shape index (κ2) is 6.21. The van der Waals surface area contributed by atoms with Gasteiger partial charge in [0.2, 0.25) is 0 Å². The van der Waals surface area contributed by atoms with E-state index in [1.54, 1.807) is 0 Å². The molecule has 4 unspecified atom stereocenters. The van der Waals surface area contributed by atoms with E-state index in [9.17, 15) is 8.78 Å². The van der Waals surface area contributed by atoms with E-state index in [1.807, 2.05) is 6.92 Å². The SMILES string of the molecule is CCNC(CC1CC2CCC1C2)c1cc(F)c(F)cc1Cl. The minimum absolute atomic E-state index is 0.0157. The van der Waals surface area contributed by atoms with Crippen LogP contribution in [0.2, 0.25) is 5.02 Å². The van der Waals surface area contributed by atoms with Crippen molar-refractivity contribution in [3.63, 3.8) is 0 Å². The molecule has 3 rings (SSSR count). The van der Waals surface area contributed by atoms with Crippen LogP contribution in [0.1, 0.15) is 50.6 Å². The molecule has 0 spiro atoms. The molecule has 2 aliphatic rings. The van der Waals surface area contributed by atoms with E-state index in [0.717, 1.165) is 30.9 Å². The Morgan fingerprint density at radius 1 is 1.24 bits per heavy atom. The molecule has 2 aliphatic carbocycles. The Hall–Kier alpha value is -0.670. The molecule has 0 radical (unpaired) electrons. The standard InChI is InChI=1S/C17H22ClF2N/c1-2-21-17(7-12-6-10-3-4-11(12)5-10)13-8-15(19)16(20)9-14(13)18/h8-12,17,21H,2-7H2,1H3. The molecule has 2 bridgehead atoms. The van der Waals surface area contributed by atoms with Crippen LogP contribution in [-0.2, 0) is 0 Å². The van der Waals surface area contributed by atoms with Crippen LogP contribution in [0.15, 0.2) is 12.1 Å². The van der Waals surface area contributed by atoms with Crippen LogP contribution in [0.3, 0.4) is 0 Å². The molecule has 2 fully saturated rings. The van der Waals surface area contributed by atoms with E-state index >= 15 is 0 Å². The van der Waals surface area contributed by atoms with Crippen LogP contribution in [0.4, 0.5) is 8.78 Å². The molecule has 1 nitrogen and oxygen atoms in total. The fourth-order valence-corrected chi connectivity index (χ4v) is 4.62. The molecule has 1 aromatic rings. The van der Waals surface area contributed by atoms with Crippen molar-refractivity contribution in [1.82, 2.24) is 5.32 Å². The van der Waals surface area contributed by atoms with Gasteiger partial charge in [-0.1, -0.05) is 24.9 Å². The lowest BCUT2D eigenvalue weighted by molar-refractivity contribution is 0.280. The summed E-state index contributed by atoms with van der Waals surface area (Å²) in [7, 11) is 0. The van der Waals surface area contributed by atoms with E-state index in [4.69, 9.17) is 11.6 Å². The number of fused-ring (bicyclic) bond motifs is 2. The van der Waals surface area contributed by atoms with Crippen molar-refractivity contribution in [2.75, 3.05) is 6.54 Å². The zero-order chi connectivity index (χ0) is 15.0. The van der Waals surface area contributed by atoms with E-state index in [-0.39, 0.29) is 6.04 Å². The van der Waals surface area contributed by atoms with E-state index < -0.39 is 11.6 Å². The second-order valence-electron chi connectivity index (χ2n) is 6.57. The number of rotatable bonds is 5. The highest BCUT2D eigenvalue weighted by Gasteiger charge is 2.40. The van der Waals surface area contributed by atoms with Crippen molar-refractivity contribution in [3.05, 3.63) is 34.4 Å². The first-order valence-electron chi connectivity index (χ1n) is 7.96. The topological polar surface area (TPSA) is 12.0 Å². The molecule has 4 atom stereocenters. The van der Waals surface area contributed by atoms with Gasteiger partial charge >= 0.3 is 0 Å². The average molecular weight is 314 g/mol. The van der Waals surface area contributed by atoms with Crippen molar-refractivity contribution in [1.29, 1.82) is 0 Å². The average Bonchev–Trinajstić information content (AvgIpc) is 3.05. The number of halogens is 3. The van der Waals surface area contributed by atoms with Gasteiger partial charge in [-0.25, -0.2) is 8.78 Å². The molecule has 2 saturated carbocycles. The number of hydrogen-bond acceptors (Lipinski definition) is 1. The molecule has 1 N–H and O–H groups in total. The van der Waals surface area contributed by atoms with Gasteiger partial charge in [-0.05, 0) is 67.7 Å². The summed E-state index contributed by atoms with van der Waals surface area (Å²) in [4.78, 5) is 0. The summed E-state index contributed by atoms with van der Waals surface area (Å²) in [6.45, 7) is 2.82. The first-order valence-corrected chi connectivity index (χ1v) is 8.34. The van der Waals surface area contributed by atoms with Crippen molar-refractivity contribution in [2.45, 2.75) is 45.1 Å². The first-order chi connectivity index (χ1) is 10.1. The summed E-state index contributed by atoms with van der Waals surface area (Å²) in [6, 6.07) is 2.37. The Morgan fingerprint density at radius 2 is 2.00 bits per heavy atom. The molecule has 0 aromatic heterocycles. The van der Waals surface area contributed by atoms with Gasteiger partial charge in [-0.15, -0.1) is 0 Å². The Balaban J connectivity index is 1.79. The molecule has 1 aromatic carbocycles. The zero-order valence-corrected chi connectivity index (χ0v) is 13.1. The maximum absolute atomic E-state index is 13.6. The van der Waals surface area contributed by atoms with Crippen LogP contribution >= 0.6 is 11.6 Å². The first kappa shape index (κ1) is 15.2. The van der Waals surface area contributed by atoms with Crippen LogP contribution in [0.5, 0.6) is 0 Å². The maximum Gasteiger partial charge on any atom is 0.160 e. The maximum atomic E-state index is 13.6. The lowest BCUT2D eigenvalue weighted by Gasteiger charge is -2.28. The highest BCUT2D eigenvalue weighted by atomic mass is 35.5. The van der Waals surface area contributed by atoms with Crippen molar-refractivity contribution in [2.24, 2.45) is 17.8 Å². The number of benzene rings is 1. The van der Waals surface area contributed by atoms with Crippen LogP contribution in [0, 0.1) is 29.4 Å². The van der Waals surface area contributed by atoms with Crippen LogP contribution in [0.25, 0.3) is 0 Å². The normalized spacial score (nSPS) is 29.0. The van der Waals surface area contributed by atoms with Crippen molar-refractivity contribution < 1.29 is 8.78 Å². The minimum atomic E-state index is -0.876. The lowest BCUT2D eigenvalue weighted by atomic mass is 9.82. The van der Waals surface area contributed by atoms with Crippen molar-refractivity contribution >= 4 is 11.6 Å². The predicted molar refractivity (Wildman–Crippen MR) is 81.3 cm³/mol. The molecule has 21 heavy (non-hydrogen) atoms. The third kappa shape index (κ3) is 3.09. The van der Waals surface area contributed by atoms with Gasteiger partial charge < -0.3 is 5.32 Å².